The molecule has 0 aromatic carbocycles. The van der Waals surface area contributed by atoms with E-state index in [0.717, 1.165) is 12.1 Å². The first-order chi connectivity index (χ1) is 5.38. The lowest BCUT2D eigenvalue weighted by Crippen LogP contribution is -2.39. The van der Waals surface area contributed by atoms with Crippen molar-refractivity contribution < 1.29 is 0 Å². The lowest BCUT2D eigenvalue weighted by atomic mass is 10.1. The summed E-state index contributed by atoms with van der Waals surface area (Å²) in [7, 11) is 2.27. The number of fused-ring (bicyclic) bond motifs is 1. The van der Waals surface area contributed by atoms with E-state index in [2.05, 4.69) is 17.3 Å². The van der Waals surface area contributed by atoms with Crippen LogP contribution in [0.2, 0.25) is 0 Å². The van der Waals surface area contributed by atoms with Gasteiger partial charge in [0.1, 0.15) is 0 Å². The van der Waals surface area contributed by atoms with Gasteiger partial charge in [0.2, 0.25) is 0 Å². The van der Waals surface area contributed by atoms with E-state index in [0.29, 0.717) is 0 Å². The third kappa shape index (κ3) is 1.42. The van der Waals surface area contributed by atoms with Gasteiger partial charge in [-0.1, -0.05) is 6.42 Å². The average Bonchev–Trinajstić information content (AvgIpc) is 2.40. The molecule has 0 spiro atoms. The van der Waals surface area contributed by atoms with Gasteiger partial charge in [0.25, 0.3) is 0 Å². The number of hydrogen-bond donors (Lipinski definition) is 1. The predicted molar refractivity (Wildman–Crippen MR) is 46.7 cm³/mol. The van der Waals surface area contributed by atoms with E-state index in [4.69, 9.17) is 0 Å². The van der Waals surface area contributed by atoms with Crippen LogP contribution in [0.4, 0.5) is 0 Å². The fourth-order valence-electron chi connectivity index (χ4n) is 2.47. The van der Waals surface area contributed by atoms with E-state index in [1.54, 1.807) is 0 Å². The van der Waals surface area contributed by atoms with Crippen LogP contribution in [-0.2, 0) is 0 Å². The number of nitrogens with zero attached hydrogens (tertiary/aromatic N) is 1. The number of likely N-dealkylation sites (tertiary alicyclic amines) is 1. The number of likely N-dealkylation sites (N-methyl/N-ethyl adjacent to an activating group) is 1. The fraction of sp³-hybridized carbons (Fsp3) is 1.00. The van der Waals surface area contributed by atoms with E-state index in [1.807, 2.05) is 0 Å². The van der Waals surface area contributed by atoms with Crippen molar-refractivity contribution in [2.24, 2.45) is 0 Å². The monoisotopic (exact) mass is 154 g/mol. The molecule has 0 bridgehead atoms. The van der Waals surface area contributed by atoms with Crippen LogP contribution >= 0.6 is 0 Å². The average molecular weight is 154 g/mol. The Balaban J connectivity index is 2.03. The van der Waals surface area contributed by atoms with Crippen LogP contribution in [0, 0.1) is 0 Å². The largest absolute Gasteiger partial charge is 0.312 e. The van der Waals surface area contributed by atoms with Gasteiger partial charge < -0.3 is 10.2 Å². The summed E-state index contributed by atoms with van der Waals surface area (Å²) in [5.74, 6) is 0. The van der Waals surface area contributed by atoms with Gasteiger partial charge in [-0.05, 0) is 39.4 Å². The molecule has 2 heterocycles. The highest BCUT2D eigenvalue weighted by atomic mass is 15.2. The van der Waals surface area contributed by atoms with Gasteiger partial charge in [0, 0.05) is 12.1 Å². The molecule has 0 aliphatic carbocycles. The standard InChI is InChI=1S/C9H18N2/c1-11-7-3-2-4-8-9(11)5-6-10-8/h8-10H,2-7H2,1H3. The van der Waals surface area contributed by atoms with Crippen molar-refractivity contribution in [1.29, 1.82) is 0 Å². The molecule has 11 heavy (non-hydrogen) atoms. The minimum absolute atomic E-state index is 0.808. The molecule has 2 aliphatic heterocycles. The molecule has 0 amide bonds. The summed E-state index contributed by atoms with van der Waals surface area (Å²) in [4.78, 5) is 2.54. The normalized spacial score (nSPS) is 40.1. The highest BCUT2D eigenvalue weighted by Gasteiger charge is 2.30. The Hall–Kier alpha value is -0.0800. The summed E-state index contributed by atoms with van der Waals surface area (Å²) in [6, 6.07) is 1.65. The Morgan fingerprint density at radius 3 is 3.09 bits per heavy atom. The van der Waals surface area contributed by atoms with Crippen molar-refractivity contribution in [2.45, 2.75) is 37.8 Å². The Morgan fingerprint density at radius 1 is 1.27 bits per heavy atom. The van der Waals surface area contributed by atoms with Crippen molar-refractivity contribution in [3.05, 3.63) is 0 Å². The SMILES string of the molecule is CN1CCCCC2NCCC21. The maximum Gasteiger partial charge on any atom is 0.0258 e. The highest BCUT2D eigenvalue weighted by molar-refractivity contribution is 4.91. The summed E-state index contributed by atoms with van der Waals surface area (Å²) in [5, 5.41) is 3.59. The minimum atomic E-state index is 0.808. The van der Waals surface area contributed by atoms with Crippen LogP contribution < -0.4 is 5.32 Å². The van der Waals surface area contributed by atoms with Crippen molar-refractivity contribution in [3.63, 3.8) is 0 Å². The van der Waals surface area contributed by atoms with Gasteiger partial charge in [0.05, 0.1) is 0 Å². The molecule has 0 aromatic rings. The van der Waals surface area contributed by atoms with Gasteiger partial charge in [-0.3, -0.25) is 0 Å². The second kappa shape index (κ2) is 3.11. The minimum Gasteiger partial charge on any atom is -0.312 e. The molecule has 2 rings (SSSR count). The van der Waals surface area contributed by atoms with Crippen molar-refractivity contribution in [3.8, 4) is 0 Å². The summed E-state index contributed by atoms with van der Waals surface area (Å²) in [6.45, 7) is 2.54. The van der Waals surface area contributed by atoms with E-state index in [1.165, 1.54) is 38.8 Å². The summed E-state index contributed by atoms with van der Waals surface area (Å²) in [6.07, 6.45) is 5.57. The zero-order valence-electron chi connectivity index (χ0n) is 7.34. The quantitative estimate of drug-likeness (QED) is 0.556. The maximum absolute atomic E-state index is 3.59. The molecule has 64 valence electrons. The summed E-state index contributed by atoms with van der Waals surface area (Å²) in [5.41, 5.74) is 0. The number of nitrogens with one attached hydrogen (secondary N) is 1. The van der Waals surface area contributed by atoms with Crippen LogP contribution in [-0.4, -0.2) is 37.1 Å². The molecule has 2 atom stereocenters. The number of rotatable bonds is 0. The molecule has 2 nitrogen and oxygen atoms in total. The molecule has 0 aromatic heterocycles. The lowest BCUT2D eigenvalue weighted by Gasteiger charge is -2.25. The zero-order chi connectivity index (χ0) is 7.68. The molecular weight excluding hydrogens is 136 g/mol. The van der Waals surface area contributed by atoms with Crippen LogP contribution in [0.25, 0.3) is 0 Å². The van der Waals surface area contributed by atoms with Gasteiger partial charge in [-0.25, -0.2) is 0 Å². The third-order valence-electron chi connectivity index (χ3n) is 3.15. The third-order valence-corrected chi connectivity index (χ3v) is 3.15. The molecule has 1 N–H and O–H groups in total. The zero-order valence-corrected chi connectivity index (χ0v) is 7.34. The van der Waals surface area contributed by atoms with E-state index >= 15 is 0 Å². The van der Waals surface area contributed by atoms with Gasteiger partial charge in [-0.15, -0.1) is 0 Å². The van der Waals surface area contributed by atoms with E-state index < -0.39 is 0 Å². The molecule has 2 heteroatoms. The smallest absolute Gasteiger partial charge is 0.0258 e. The first-order valence-corrected chi connectivity index (χ1v) is 4.81. The van der Waals surface area contributed by atoms with E-state index in [-0.39, 0.29) is 0 Å². The Bertz CT molecular complexity index is 136. The van der Waals surface area contributed by atoms with Crippen LogP contribution in [0.15, 0.2) is 0 Å². The van der Waals surface area contributed by atoms with Gasteiger partial charge in [0.15, 0.2) is 0 Å². The van der Waals surface area contributed by atoms with E-state index in [9.17, 15) is 0 Å². The molecular formula is C9H18N2. The Kier molecular flexibility index (Phi) is 2.14. The van der Waals surface area contributed by atoms with Gasteiger partial charge >= 0.3 is 0 Å². The predicted octanol–water partition coefficient (Wildman–Crippen LogP) is 0.833. The highest BCUT2D eigenvalue weighted by Crippen LogP contribution is 2.21. The molecule has 2 aliphatic rings. The second-order valence-corrected chi connectivity index (χ2v) is 3.89. The first-order valence-electron chi connectivity index (χ1n) is 4.81. The Morgan fingerprint density at radius 2 is 2.18 bits per heavy atom. The topological polar surface area (TPSA) is 15.3 Å². The lowest BCUT2D eigenvalue weighted by molar-refractivity contribution is 0.240. The second-order valence-electron chi connectivity index (χ2n) is 3.89. The molecule has 2 unspecified atom stereocenters. The molecule has 0 saturated carbocycles. The van der Waals surface area contributed by atoms with Crippen LogP contribution in [0.5, 0.6) is 0 Å². The van der Waals surface area contributed by atoms with Crippen LogP contribution in [0.1, 0.15) is 25.7 Å². The van der Waals surface area contributed by atoms with Crippen LogP contribution in [0.3, 0.4) is 0 Å². The first kappa shape index (κ1) is 7.56. The van der Waals surface area contributed by atoms with Gasteiger partial charge in [-0.2, -0.15) is 0 Å². The molecule has 0 radical (unpaired) electrons. The van der Waals surface area contributed by atoms with Crippen molar-refractivity contribution in [1.82, 2.24) is 10.2 Å². The summed E-state index contributed by atoms with van der Waals surface area (Å²) < 4.78 is 0. The Labute approximate surface area is 69.0 Å². The van der Waals surface area contributed by atoms with Crippen molar-refractivity contribution in [2.75, 3.05) is 20.1 Å². The molecule has 2 fully saturated rings. The maximum atomic E-state index is 3.59. The number of hydrogen-bond acceptors (Lipinski definition) is 2. The fourth-order valence-corrected chi connectivity index (χ4v) is 2.47. The summed E-state index contributed by atoms with van der Waals surface area (Å²) >= 11 is 0. The van der Waals surface area contributed by atoms with Crippen molar-refractivity contribution >= 4 is 0 Å². The molecule has 2 saturated heterocycles.